The van der Waals surface area contributed by atoms with Gasteiger partial charge in [-0.3, -0.25) is 0 Å². The molecule has 0 spiro atoms. The van der Waals surface area contributed by atoms with E-state index >= 15 is 0 Å². The van der Waals surface area contributed by atoms with Crippen molar-refractivity contribution in [3.63, 3.8) is 0 Å². The summed E-state index contributed by atoms with van der Waals surface area (Å²) in [4.78, 5) is 0.0877. The summed E-state index contributed by atoms with van der Waals surface area (Å²) in [5.74, 6) is -0.980. The van der Waals surface area contributed by atoms with Crippen LogP contribution < -0.4 is 10.6 Å². The van der Waals surface area contributed by atoms with Crippen molar-refractivity contribution in [1.29, 1.82) is 5.26 Å². The first-order valence-electron chi connectivity index (χ1n) is 9.49. The molecule has 1 fully saturated rings. The average Bonchev–Trinajstić information content (AvgIpc) is 3.42. The van der Waals surface area contributed by atoms with Gasteiger partial charge in [0.1, 0.15) is 11.3 Å². The Balaban J connectivity index is 1.91. The van der Waals surface area contributed by atoms with E-state index < -0.39 is 28.5 Å². The largest absolute Gasteiger partial charge is 0.312 e. The fraction of sp³-hybridized carbons (Fsp3) is 0.174. The Morgan fingerprint density at radius 3 is 1.80 bits per heavy atom. The van der Waals surface area contributed by atoms with Gasteiger partial charge < -0.3 is 4.57 Å². The van der Waals surface area contributed by atoms with Crippen molar-refractivity contribution in [3.8, 4) is 6.07 Å². The van der Waals surface area contributed by atoms with Gasteiger partial charge in [-0.1, -0.05) is 78.4 Å². The number of hydrogen-bond acceptors (Lipinski definition) is 4. The van der Waals surface area contributed by atoms with E-state index in [9.17, 15) is 18.2 Å². The number of aryl methyl sites for hydroxylation is 1. The molecule has 0 saturated carbocycles. The van der Waals surface area contributed by atoms with E-state index in [0.717, 1.165) is 9.87 Å². The first-order valence-corrected chi connectivity index (χ1v) is 12.7. The van der Waals surface area contributed by atoms with Crippen molar-refractivity contribution >= 4 is 27.8 Å². The van der Waals surface area contributed by atoms with E-state index in [1.165, 1.54) is 12.1 Å². The summed E-state index contributed by atoms with van der Waals surface area (Å²) in [5.41, 5.74) is -0.483. The van der Waals surface area contributed by atoms with Crippen molar-refractivity contribution in [1.82, 2.24) is 4.31 Å². The molecule has 7 heteroatoms. The van der Waals surface area contributed by atoms with E-state index in [-0.39, 0.29) is 4.90 Å². The summed E-state index contributed by atoms with van der Waals surface area (Å²) < 4.78 is 42.7. The van der Waals surface area contributed by atoms with Crippen LogP contribution in [0.25, 0.3) is 0 Å². The number of nitriles is 1. The standard InChI is InChI=1S/C23H21N2O3PS/c1-18-13-15-21(16-14-18)30(27,28)25-22(23(25,2)17-24)29(26,19-9-5-3-6-10-19)20-11-7-4-8-12-20/h3-16,22H,1-2H3/t22-,23-,25?/m0/s1. The molecule has 0 amide bonds. The lowest BCUT2D eigenvalue weighted by atomic mass is 10.2. The van der Waals surface area contributed by atoms with E-state index in [1.807, 2.05) is 19.1 Å². The predicted molar refractivity (Wildman–Crippen MR) is 118 cm³/mol. The summed E-state index contributed by atoms with van der Waals surface area (Å²) in [7, 11) is -7.49. The van der Waals surface area contributed by atoms with Crippen LogP contribution in [0.5, 0.6) is 0 Å². The first-order chi connectivity index (χ1) is 14.3. The second-order valence-corrected chi connectivity index (χ2v) is 12.2. The van der Waals surface area contributed by atoms with Crippen molar-refractivity contribution in [3.05, 3.63) is 90.5 Å². The molecule has 3 aromatic rings. The van der Waals surface area contributed by atoms with Gasteiger partial charge in [-0.15, -0.1) is 0 Å². The fourth-order valence-corrected chi connectivity index (χ4v) is 9.96. The molecule has 3 aromatic carbocycles. The third-order valence-corrected chi connectivity index (χ3v) is 11.2. The molecule has 1 aliphatic heterocycles. The van der Waals surface area contributed by atoms with Gasteiger partial charge in [0.15, 0.2) is 7.14 Å². The highest BCUT2D eigenvalue weighted by Gasteiger charge is 2.73. The molecule has 0 aromatic heterocycles. The number of nitrogens with zero attached hydrogens (tertiary/aromatic N) is 2. The highest BCUT2D eigenvalue weighted by atomic mass is 32.2. The Labute approximate surface area is 177 Å². The first kappa shape index (κ1) is 20.6. The third-order valence-electron chi connectivity index (χ3n) is 5.54. The van der Waals surface area contributed by atoms with Gasteiger partial charge in [-0.05, 0) is 26.0 Å². The van der Waals surface area contributed by atoms with Crippen molar-refractivity contribution in [2.24, 2.45) is 0 Å². The highest BCUT2D eigenvalue weighted by molar-refractivity contribution is 7.91. The molecular weight excluding hydrogens is 415 g/mol. The molecule has 3 atom stereocenters. The summed E-state index contributed by atoms with van der Waals surface area (Å²) in [6, 6.07) is 26.3. The molecule has 0 radical (unpaired) electrons. The van der Waals surface area contributed by atoms with Crippen LogP contribution in [0.4, 0.5) is 0 Å². The molecule has 152 valence electrons. The monoisotopic (exact) mass is 436 g/mol. The lowest BCUT2D eigenvalue weighted by molar-refractivity contribution is 0.540. The molecule has 30 heavy (non-hydrogen) atoms. The zero-order chi connectivity index (χ0) is 21.6. The topological polar surface area (TPSA) is 78.0 Å². The predicted octanol–water partition coefficient (Wildman–Crippen LogP) is 3.62. The van der Waals surface area contributed by atoms with E-state index in [2.05, 4.69) is 6.07 Å². The lowest BCUT2D eigenvalue weighted by Crippen LogP contribution is -2.24. The molecule has 5 nitrogen and oxygen atoms in total. The van der Waals surface area contributed by atoms with Crippen LogP contribution in [0, 0.1) is 18.3 Å². The highest BCUT2D eigenvalue weighted by Crippen LogP contribution is 2.66. The van der Waals surface area contributed by atoms with Crippen LogP contribution in [0.2, 0.25) is 0 Å². The van der Waals surface area contributed by atoms with Crippen LogP contribution in [-0.4, -0.2) is 24.0 Å². The van der Waals surface area contributed by atoms with Gasteiger partial charge in [-0.2, -0.15) is 9.57 Å². The Kier molecular flexibility index (Phi) is 4.94. The maximum atomic E-state index is 14.6. The number of benzene rings is 3. The summed E-state index contributed by atoms with van der Waals surface area (Å²) >= 11 is 0. The smallest absolute Gasteiger partial charge is 0.245 e. The second kappa shape index (κ2) is 7.21. The molecule has 0 bridgehead atoms. The molecule has 0 aliphatic carbocycles. The van der Waals surface area contributed by atoms with Crippen LogP contribution in [-0.2, 0) is 14.6 Å². The van der Waals surface area contributed by atoms with Crippen molar-refractivity contribution < 1.29 is 13.0 Å². The zero-order valence-electron chi connectivity index (χ0n) is 16.6. The van der Waals surface area contributed by atoms with E-state index in [0.29, 0.717) is 10.6 Å². The van der Waals surface area contributed by atoms with Crippen LogP contribution >= 0.6 is 7.14 Å². The Hall–Kier alpha value is -2.71. The maximum Gasteiger partial charge on any atom is 0.245 e. The Bertz CT molecular complexity index is 1230. The zero-order valence-corrected chi connectivity index (χ0v) is 18.3. The quantitative estimate of drug-likeness (QED) is 0.452. The van der Waals surface area contributed by atoms with Gasteiger partial charge >= 0.3 is 0 Å². The lowest BCUT2D eigenvalue weighted by Gasteiger charge is -2.19. The number of rotatable bonds is 5. The maximum absolute atomic E-state index is 14.6. The minimum absolute atomic E-state index is 0.0877. The molecule has 1 unspecified atom stereocenters. The minimum atomic E-state index is -4.01. The minimum Gasteiger partial charge on any atom is -0.312 e. The molecule has 4 rings (SSSR count). The summed E-state index contributed by atoms with van der Waals surface area (Å²) in [6.07, 6.45) is 0. The molecule has 0 N–H and O–H groups in total. The van der Waals surface area contributed by atoms with Gasteiger partial charge in [0.05, 0.1) is 11.0 Å². The van der Waals surface area contributed by atoms with Crippen LogP contribution in [0.3, 0.4) is 0 Å². The average molecular weight is 436 g/mol. The van der Waals surface area contributed by atoms with Gasteiger partial charge in [0.2, 0.25) is 10.0 Å². The van der Waals surface area contributed by atoms with Crippen LogP contribution in [0.1, 0.15) is 12.5 Å². The number of hydrogen-bond donors (Lipinski definition) is 0. The third kappa shape index (κ3) is 3.02. The normalized spacial score (nSPS) is 23.5. The van der Waals surface area contributed by atoms with Crippen LogP contribution in [0.15, 0.2) is 89.8 Å². The fourth-order valence-electron chi connectivity index (χ4n) is 3.89. The number of sulfonamides is 1. The SMILES string of the molecule is Cc1ccc(S(=O)(=O)N2[C@@H](P(=O)(c3ccccc3)c3ccccc3)[C@]2(C)C#N)cc1. The summed E-state index contributed by atoms with van der Waals surface area (Å²) in [5, 5.41) is 11.0. The van der Waals surface area contributed by atoms with E-state index in [4.69, 9.17) is 0 Å². The van der Waals surface area contributed by atoms with Crippen molar-refractivity contribution in [2.45, 2.75) is 30.1 Å². The van der Waals surface area contributed by atoms with E-state index in [1.54, 1.807) is 67.6 Å². The molecular formula is C23H21N2O3PS. The molecule has 1 aliphatic rings. The second-order valence-electron chi connectivity index (χ2n) is 7.58. The Morgan fingerprint density at radius 2 is 1.37 bits per heavy atom. The Morgan fingerprint density at radius 1 is 0.900 bits per heavy atom. The van der Waals surface area contributed by atoms with Gasteiger partial charge in [0, 0.05) is 10.6 Å². The summed E-state index contributed by atoms with van der Waals surface area (Å²) in [6.45, 7) is 3.41. The van der Waals surface area contributed by atoms with Gasteiger partial charge in [-0.25, -0.2) is 8.42 Å². The van der Waals surface area contributed by atoms with Crippen molar-refractivity contribution in [2.75, 3.05) is 0 Å². The van der Waals surface area contributed by atoms with Gasteiger partial charge in [0.25, 0.3) is 0 Å². The molecule has 1 heterocycles. The molecule has 1 saturated heterocycles.